The summed E-state index contributed by atoms with van der Waals surface area (Å²) in [5, 5.41) is 10.1. The van der Waals surface area contributed by atoms with Gasteiger partial charge in [-0.1, -0.05) is 6.07 Å². The number of aliphatic hydroxyl groups excluding tert-OH is 1. The Hall–Kier alpha value is -2.10. The molecule has 23 heavy (non-hydrogen) atoms. The van der Waals surface area contributed by atoms with Gasteiger partial charge in [0.25, 0.3) is 10.0 Å². The van der Waals surface area contributed by atoms with Gasteiger partial charge in [-0.2, -0.15) is 0 Å². The fourth-order valence-electron chi connectivity index (χ4n) is 2.18. The zero-order valence-electron chi connectivity index (χ0n) is 12.5. The number of nitrogens with zero attached hydrogens (tertiary/aromatic N) is 2. The summed E-state index contributed by atoms with van der Waals surface area (Å²) in [7, 11) is -2.08. The molecule has 2 aromatic rings. The molecular weight excluding hydrogens is 322 g/mol. The van der Waals surface area contributed by atoms with Crippen molar-refractivity contribution in [2.45, 2.75) is 11.1 Å². The summed E-state index contributed by atoms with van der Waals surface area (Å²) in [6, 6.07) is 5.02. The molecule has 1 aromatic heterocycles. The Labute approximate surface area is 133 Å². The van der Waals surface area contributed by atoms with Crippen LogP contribution in [0.2, 0.25) is 0 Å². The monoisotopic (exact) mass is 339 g/mol. The Morgan fingerprint density at radius 2 is 2.09 bits per heavy atom. The van der Waals surface area contributed by atoms with E-state index in [1.54, 1.807) is 25.2 Å². The van der Waals surface area contributed by atoms with Crippen LogP contribution in [-0.4, -0.2) is 42.8 Å². The molecule has 1 aliphatic rings. The lowest BCUT2D eigenvalue weighted by atomic mass is 10.1. The first-order valence-electron chi connectivity index (χ1n) is 7.01. The molecule has 0 bridgehead atoms. The maximum absolute atomic E-state index is 12.1. The molecule has 9 heteroatoms. The number of fused-ring (bicyclic) bond motifs is 1. The van der Waals surface area contributed by atoms with Gasteiger partial charge in [0.2, 0.25) is 0 Å². The number of aliphatic hydroxyl groups is 1. The Morgan fingerprint density at radius 1 is 1.35 bits per heavy atom. The Balaban J connectivity index is 1.68. The van der Waals surface area contributed by atoms with Crippen molar-refractivity contribution in [3.8, 4) is 11.5 Å². The topological polar surface area (TPSA) is 103 Å². The lowest BCUT2D eigenvalue weighted by Crippen LogP contribution is -2.29. The molecule has 3 rings (SSSR count). The number of ether oxygens (including phenoxy) is 2. The Morgan fingerprint density at radius 3 is 2.78 bits per heavy atom. The van der Waals surface area contributed by atoms with Crippen LogP contribution in [0.4, 0.5) is 0 Å². The second-order valence-corrected chi connectivity index (χ2v) is 6.86. The molecule has 124 valence electrons. The third kappa shape index (κ3) is 3.46. The van der Waals surface area contributed by atoms with Gasteiger partial charge in [0.15, 0.2) is 16.5 Å². The highest BCUT2D eigenvalue weighted by Crippen LogP contribution is 2.32. The van der Waals surface area contributed by atoms with E-state index in [9.17, 15) is 13.5 Å². The highest BCUT2D eigenvalue weighted by Gasteiger charge is 2.20. The van der Waals surface area contributed by atoms with E-state index in [0.29, 0.717) is 30.3 Å². The average Bonchev–Trinajstić information content (AvgIpc) is 2.99. The number of benzene rings is 1. The summed E-state index contributed by atoms with van der Waals surface area (Å²) >= 11 is 0. The van der Waals surface area contributed by atoms with Crippen molar-refractivity contribution in [3.63, 3.8) is 0 Å². The van der Waals surface area contributed by atoms with Gasteiger partial charge in [-0.05, 0) is 17.7 Å². The second kappa shape index (κ2) is 6.19. The number of nitrogens with one attached hydrogen (secondary N) is 1. The SMILES string of the molecule is Cn1cnc(S(=O)(=O)NCC(O)c2ccc3c(c2)OCCO3)c1. The lowest BCUT2D eigenvalue weighted by molar-refractivity contribution is 0.165. The molecular formula is C14H17N3O5S. The largest absolute Gasteiger partial charge is 0.486 e. The minimum Gasteiger partial charge on any atom is -0.486 e. The van der Waals surface area contributed by atoms with Crippen LogP contribution in [0.3, 0.4) is 0 Å². The van der Waals surface area contributed by atoms with E-state index in [1.807, 2.05) is 0 Å². The summed E-state index contributed by atoms with van der Waals surface area (Å²) in [4.78, 5) is 3.79. The first-order valence-corrected chi connectivity index (χ1v) is 8.49. The summed E-state index contributed by atoms with van der Waals surface area (Å²) in [5.41, 5.74) is 0.540. The fourth-order valence-corrected chi connectivity index (χ4v) is 3.19. The smallest absolute Gasteiger partial charge is 0.259 e. The van der Waals surface area contributed by atoms with Gasteiger partial charge in [0, 0.05) is 19.8 Å². The fraction of sp³-hybridized carbons (Fsp3) is 0.357. The van der Waals surface area contributed by atoms with Gasteiger partial charge in [0.1, 0.15) is 13.2 Å². The van der Waals surface area contributed by atoms with Crippen LogP contribution >= 0.6 is 0 Å². The number of aryl methyl sites for hydroxylation is 1. The summed E-state index contributed by atoms with van der Waals surface area (Å²) < 4.78 is 38.9. The van der Waals surface area contributed by atoms with Crippen LogP contribution in [-0.2, 0) is 17.1 Å². The van der Waals surface area contributed by atoms with Gasteiger partial charge in [0.05, 0.1) is 12.4 Å². The number of imidazole rings is 1. The normalized spacial score (nSPS) is 15.4. The van der Waals surface area contributed by atoms with E-state index in [0.717, 1.165) is 0 Å². The van der Waals surface area contributed by atoms with E-state index in [2.05, 4.69) is 9.71 Å². The van der Waals surface area contributed by atoms with Gasteiger partial charge < -0.3 is 19.1 Å². The molecule has 2 heterocycles. The molecule has 0 spiro atoms. The lowest BCUT2D eigenvalue weighted by Gasteiger charge is -2.20. The third-order valence-corrected chi connectivity index (χ3v) is 4.68. The van der Waals surface area contributed by atoms with Crippen molar-refractivity contribution in [2.24, 2.45) is 7.05 Å². The molecule has 1 aromatic carbocycles. The van der Waals surface area contributed by atoms with Crippen molar-refractivity contribution in [2.75, 3.05) is 19.8 Å². The average molecular weight is 339 g/mol. The molecule has 1 unspecified atom stereocenters. The summed E-state index contributed by atoms with van der Waals surface area (Å²) in [5.74, 6) is 1.15. The van der Waals surface area contributed by atoms with E-state index in [-0.39, 0.29) is 11.6 Å². The number of rotatable bonds is 5. The van der Waals surface area contributed by atoms with Gasteiger partial charge in [-0.25, -0.2) is 18.1 Å². The van der Waals surface area contributed by atoms with Crippen molar-refractivity contribution < 1.29 is 23.0 Å². The third-order valence-electron chi connectivity index (χ3n) is 3.37. The van der Waals surface area contributed by atoms with Crippen LogP contribution in [0.1, 0.15) is 11.7 Å². The first kappa shape index (κ1) is 15.8. The molecule has 1 atom stereocenters. The molecule has 2 N–H and O–H groups in total. The molecule has 0 aliphatic carbocycles. The zero-order valence-corrected chi connectivity index (χ0v) is 13.3. The van der Waals surface area contributed by atoms with E-state index in [4.69, 9.17) is 9.47 Å². The summed E-state index contributed by atoms with van der Waals surface area (Å²) in [6.45, 7) is 0.760. The van der Waals surface area contributed by atoms with Crippen molar-refractivity contribution in [3.05, 3.63) is 36.3 Å². The van der Waals surface area contributed by atoms with E-state index >= 15 is 0 Å². The Kier molecular flexibility index (Phi) is 4.24. The minimum atomic E-state index is -3.76. The van der Waals surface area contributed by atoms with Gasteiger partial charge in [-0.3, -0.25) is 0 Å². The van der Waals surface area contributed by atoms with E-state index < -0.39 is 16.1 Å². The van der Waals surface area contributed by atoms with Crippen LogP contribution in [0.15, 0.2) is 35.7 Å². The minimum absolute atomic E-state index is 0.0885. The Bertz CT molecular complexity index is 802. The van der Waals surface area contributed by atoms with Crippen molar-refractivity contribution in [1.82, 2.24) is 14.3 Å². The van der Waals surface area contributed by atoms with Crippen molar-refractivity contribution in [1.29, 1.82) is 0 Å². The number of sulfonamides is 1. The van der Waals surface area contributed by atoms with Gasteiger partial charge >= 0.3 is 0 Å². The summed E-state index contributed by atoms with van der Waals surface area (Å²) in [6.07, 6.45) is 1.77. The zero-order chi connectivity index (χ0) is 16.4. The molecule has 8 nitrogen and oxygen atoms in total. The van der Waals surface area contributed by atoms with Gasteiger partial charge in [-0.15, -0.1) is 0 Å². The van der Waals surface area contributed by atoms with E-state index in [1.165, 1.54) is 17.1 Å². The second-order valence-electron chi connectivity index (χ2n) is 5.15. The quantitative estimate of drug-likeness (QED) is 0.807. The molecule has 0 saturated heterocycles. The molecule has 1 aliphatic heterocycles. The predicted molar refractivity (Wildman–Crippen MR) is 80.8 cm³/mol. The molecule has 0 saturated carbocycles. The molecule has 0 fully saturated rings. The standard InChI is InChI=1S/C14H17N3O5S/c1-17-8-14(15-9-17)23(19,20)16-7-11(18)10-2-3-12-13(6-10)22-5-4-21-12/h2-3,6,8-9,11,16,18H,4-5,7H2,1H3. The number of hydrogen-bond acceptors (Lipinski definition) is 6. The molecule has 0 radical (unpaired) electrons. The van der Waals surface area contributed by atoms with Crippen molar-refractivity contribution >= 4 is 10.0 Å². The predicted octanol–water partition coefficient (Wildman–Crippen LogP) is 0.203. The first-order chi connectivity index (χ1) is 11.0. The number of aromatic nitrogens is 2. The highest BCUT2D eigenvalue weighted by molar-refractivity contribution is 7.89. The number of hydrogen-bond donors (Lipinski definition) is 2. The van der Waals surface area contributed by atoms with Crippen LogP contribution in [0.25, 0.3) is 0 Å². The maximum Gasteiger partial charge on any atom is 0.259 e. The van der Waals surface area contributed by atoms with Crippen LogP contribution < -0.4 is 14.2 Å². The molecule has 0 amide bonds. The highest BCUT2D eigenvalue weighted by atomic mass is 32.2. The maximum atomic E-state index is 12.1. The van der Waals surface area contributed by atoms with Crippen LogP contribution in [0, 0.1) is 0 Å². The van der Waals surface area contributed by atoms with Crippen LogP contribution in [0.5, 0.6) is 11.5 Å².